The molecule has 1 saturated heterocycles. The zero-order valence-corrected chi connectivity index (χ0v) is 16.2. The van der Waals surface area contributed by atoms with E-state index in [2.05, 4.69) is 31.0 Å². The normalized spacial score (nSPS) is 31.2. The standard InChI is InChI=1S/C20H36N2O3/c1-4-14(2)21-20(25)17-13-15(3)22(12-8-7-11-19(23)24)18-10-6-5-9-16(17)18/h14-18H,4-13H2,1-3H3,(H,21,25)(H,23,24). The quantitative estimate of drug-likeness (QED) is 0.657. The summed E-state index contributed by atoms with van der Waals surface area (Å²) in [4.78, 5) is 26.1. The monoisotopic (exact) mass is 352 g/mol. The van der Waals surface area contributed by atoms with Gasteiger partial charge in [0.2, 0.25) is 5.91 Å². The molecule has 0 spiro atoms. The number of nitrogens with one attached hydrogen (secondary N) is 1. The van der Waals surface area contributed by atoms with E-state index in [4.69, 9.17) is 5.11 Å². The number of rotatable bonds is 8. The number of carbonyl (C=O) groups excluding carboxylic acids is 1. The van der Waals surface area contributed by atoms with Gasteiger partial charge in [0.15, 0.2) is 0 Å². The summed E-state index contributed by atoms with van der Waals surface area (Å²) in [6.45, 7) is 7.40. The van der Waals surface area contributed by atoms with Crippen molar-refractivity contribution in [2.45, 2.75) is 96.7 Å². The Kier molecular flexibility index (Phi) is 7.73. The van der Waals surface area contributed by atoms with Crippen molar-refractivity contribution in [2.75, 3.05) is 6.54 Å². The fourth-order valence-electron chi connectivity index (χ4n) is 4.74. The average molecular weight is 353 g/mol. The van der Waals surface area contributed by atoms with Crippen LogP contribution in [0.2, 0.25) is 0 Å². The topological polar surface area (TPSA) is 69.6 Å². The van der Waals surface area contributed by atoms with Crippen molar-refractivity contribution >= 4 is 11.9 Å². The highest BCUT2D eigenvalue weighted by molar-refractivity contribution is 5.79. The maximum absolute atomic E-state index is 12.8. The number of fused-ring (bicyclic) bond motifs is 1. The van der Waals surface area contributed by atoms with Gasteiger partial charge >= 0.3 is 5.97 Å². The van der Waals surface area contributed by atoms with Crippen molar-refractivity contribution in [1.29, 1.82) is 0 Å². The Hall–Kier alpha value is -1.10. The van der Waals surface area contributed by atoms with E-state index in [0.717, 1.165) is 38.6 Å². The molecule has 144 valence electrons. The summed E-state index contributed by atoms with van der Waals surface area (Å²) in [6, 6.07) is 1.14. The van der Waals surface area contributed by atoms with Crippen molar-refractivity contribution in [3.8, 4) is 0 Å². The average Bonchev–Trinajstić information content (AvgIpc) is 2.59. The zero-order chi connectivity index (χ0) is 18.4. The summed E-state index contributed by atoms with van der Waals surface area (Å²) in [5, 5.41) is 12.0. The Bertz CT molecular complexity index is 454. The van der Waals surface area contributed by atoms with Crippen LogP contribution in [0.3, 0.4) is 0 Å². The number of nitrogens with zero attached hydrogens (tertiary/aromatic N) is 1. The highest BCUT2D eigenvalue weighted by Gasteiger charge is 2.44. The van der Waals surface area contributed by atoms with Gasteiger partial charge in [0.05, 0.1) is 0 Å². The maximum atomic E-state index is 12.8. The number of carboxylic acids is 1. The largest absolute Gasteiger partial charge is 0.481 e. The van der Waals surface area contributed by atoms with Crippen LogP contribution in [-0.4, -0.2) is 46.6 Å². The van der Waals surface area contributed by atoms with E-state index >= 15 is 0 Å². The van der Waals surface area contributed by atoms with Crippen molar-refractivity contribution in [2.24, 2.45) is 11.8 Å². The van der Waals surface area contributed by atoms with Crippen molar-refractivity contribution < 1.29 is 14.7 Å². The maximum Gasteiger partial charge on any atom is 0.303 e. The first kappa shape index (κ1) is 20.2. The van der Waals surface area contributed by atoms with Crippen LogP contribution in [0.15, 0.2) is 0 Å². The molecule has 2 N–H and O–H groups in total. The molecule has 0 bridgehead atoms. The van der Waals surface area contributed by atoms with Gasteiger partial charge in [-0.05, 0) is 64.8 Å². The van der Waals surface area contributed by atoms with Crippen LogP contribution in [0.5, 0.6) is 0 Å². The smallest absolute Gasteiger partial charge is 0.303 e. The third-order valence-electron chi connectivity index (χ3n) is 6.28. The molecule has 0 aromatic carbocycles. The van der Waals surface area contributed by atoms with Crippen LogP contribution in [0.4, 0.5) is 0 Å². The number of aliphatic carboxylic acids is 1. The highest BCUT2D eigenvalue weighted by atomic mass is 16.4. The molecule has 5 nitrogen and oxygen atoms in total. The van der Waals surface area contributed by atoms with Gasteiger partial charge in [-0.3, -0.25) is 14.5 Å². The predicted octanol–water partition coefficient (Wildman–Crippen LogP) is 3.43. The van der Waals surface area contributed by atoms with Crippen molar-refractivity contribution in [3.05, 3.63) is 0 Å². The van der Waals surface area contributed by atoms with Gasteiger partial charge in [0.1, 0.15) is 0 Å². The Morgan fingerprint density at radius 3 is 2.64 bits per heavy atom. The number of piperidine rings is 1. The van der Waals surface area contributed by atoms with E-state index in [0.29, 0.717) is 18.0 Å². The van der Waals surface area contributed by atoms with Gasteiger partial charge in [-0.25, -0.2) is 0 Å². The third kappa shape index (κ3) is 5.44. The van der Waals surface area contributed by atoms with Crippen molar-refractivity contribution in [1.82, 2.24) is 10.2 Å². The minimum Gasteiger partial charge on any atom is -0.481 e. The van der Waals surface area contributed by atoms with E-state index in [-0.39, 0.29) is 24.3 Å². The Morgan fingerprint density at radius 2 is 1.96 bits per heavy atom. The molecular weight excluding hydrogens is 316 g/mol. The lowest BCUT2D eigenvalue weighted by atomic mass is 9.69. The number of hydrogen-bond acceptors (Lipinski definition) is 3. The van der Waals surface area contributed by atoms with Crippen LogP contribution in [-0.2, 0) is 9.59 Å². The molecule has 5 unspecified atom stereocenters. The molecule has 1 aliphatic heterocycles. The van der Waals surface area contributed by atoms with Gasteiger partial charge in [-0.1, -0.05) is 19.8 Å². The molecule has 2 rings (SSSR count). The molecule has 1 heterocycles. The predicted molar refractivity (Wildman–Crippen MR) is 99.4 cm³/mol. The molecule has 25 heavy (non-hydrogen) atoms. The molecule has 0 radical (unpaired) electrons. The van der Waals surface area contributed by atoms with E-state index in [9.17, 15) is 9.59 Å². The number of carboxylic acid groups (broad SMARTS) is 1. The van der Waals surface area contributed by atoms with E-state index < -0.39 is 5.97 Å². The number of carbonyl (C=O) groups is 2. The van der Waals surface area contributed by atoms with Gasteiger partial charge in [-0.15, -0.1) is 0 Å². The van der Waals surface area contributed by atoms with E-state index in [1.165, 1.54) is 19.3 Å². The second kappa shape index (κ2) is 9.56. The van der Waals surface area contributed by atoms with Crippen LogP contribution < -0.4 is 5.32 Å². The molecule has 2 fully saturated rings. The lowest BCUT2D eigenvalue weighted by Crippen LogP contribution is -2.58. The zero-order valence-electron chi connectivity index (χ0n) is 16.2. The number of hydrogen-bond donors (Lipinski definition) is 2. The fraction of sp³-hybridized carbons (Fsp3) is 0.900. The Balaban J connectivity index is 1.99. The number of likely N-dealkylation sites (tertiary alicyclic amines) is 1. The Morgan fingerprint density at radius 1 is 1.24 bits per heavy atom. The van der Waals surface area contributed by atoms with Crippen LogP contribution in [0.1, 0.15) is 78.6 Å². The Labute approximate surface area is 152 Å². The lowest BCUT2D eigenvalue weighted by molar-refractivity contribution is -0.137. The summed E-state index contributed by atoms with van der Waals surface area (Å²) in [5.41, 5.74) is 0. The van der Waals surface area contributed by atoms with E-state index in [1.54, 1.807) is 0 Å². The van der Waals surface area contributed by atoms with E-state index in [1.807, 2.05) is 0 Å². The molecular formula is C20H36N2O3. The van der Waals surface area contributed by atoms with Crippen LogP contribution >= 0.6 is 0 Å². The molecule has 1 saturated carbocycles. The first-order valence-electron chi connectivity index (χ1n) is 10.2. The molecule has 5 atom stereocenters. The first-order chi connectivity index (χ1) is 11.9. The van der Waals surface area contributed by atoms with Gasteiger partial charge < -0.3 is 10.4 Å². The summed E-state index contributed by atoms with van der Waals surface area (Å²) in [6.07, 6.45) is 8.66. The second-order valence-electron chi connectivity index (χ2n) is 8.11. The molecule has 2 aliphatic rings. The molecule has 0 aromatic rings. The molecule has 1 aliphatic carbocycles. The van der Waals surface area contributed by atoms with Crippen LogP contribution in [0.25, 0.3) is 0 Å². The summed E-state index contributed by atoms with van der Waals surface area (Å²) < 4.78 is 0. The van der Waals surface area contributed by atoms with Crippen LogP contribution in [0, 0.1) is 11.8 Å². The minimum absolute atomic E-state index is 0.143. The number of amides is 1. The lowest BCUT2D eigenvalue weighted by Gasteiger charge is -2.51. The highest BCUT2D eigenvalue weighted by Crippen LogP contribution is 2.41. The van der Waals surface area contributed by atoms with Gasteiger partial charge in [0, 0.05) is 30.5 Å². The first-order valence-corrected chi connectivity index (χ1v) is 10.2. The van der Waals surface area contributed by atoms with Gasteiger partial charge in [0.25, 0.3) is 0 Å². The summed E-state index contributed by atoms with van der Waals surface area (Å²) in [7, 11) is 0. The summed E-state index contributed by atoms with van der Waals surface area (Å²) in [5.74, 6) is 0.158. The third-order valence-corrected chi connectivity index (χ3v) is 6.28. The summed E-state index contributed by atoms with van der Waals surface area (Å²) >= 11 is 0. The molecule has 5 heteroatoms. The number of unbranched alkanes of at least 4 members (excludes halogenated alkanes) is 1. The fourth-order valence-corrected chi connectivity index (χ4v) is 4.74. The second-order valence-corrected chi connectivity index (χ2v) is 8.11. The van der Waals surface area contributed by atoms with Crippen molar-refractivity contribution in [3.63, 3.8) is 0 Å². The minimum atomic E-state index is -0.705. The van der Waals surface area contributed by atoms with Gasteiger partial charge in [-0.2, -0.15) is 0 Å². The molecule has 0 aromatic heterocycles. The SMILES string of the molecule is CCC(C)NC(=O)C1CC(C)N(CCCCC(=O)O)C2CCCCC12. The molecule has 1 amide bonds.